The van der Waals surface area contributed by atoms with Crippen LogP contribution in [0.4, 0.5) is 5.69 Å². The van der Waals surface area contributed by atoms with E-state index in [1.54, 1.807) is 6.20 Å². The fourth-order valence-corrected chi connectivity index (χ4v) is 5.14. The smallest absolute Gasteiger partial charge is 0.127 e. The molecule has 0 saturated carbocycles. The summed E-state index contributed by atoms with van der Waals surface area (Å²) in [4.78, 5) is 9.22. The first kappa shape index (κ1) is 22.0. The Bertz CT molecular complexity index is 1130. The van der Waals surface area contributed by atoms with Gasteiger partial charge in [0.25, 0.3) is 0 Å². The standard InChI is InChI=1S/C27H35N5O/c1-19-20(2)26-23(15-27(3,4)33-26)24(25(19)28)17-31-13-11-30(12-14-31)16-21-5-7-22(8-6-21)32-10-9-29-18-32/h5-10,18H,11-17,28H2,1-4H3. The molecule has 0 bridgehead atoms. The summed E-state index contributed by atoms with van der Waals surface area (Å²) in [6.07, 6.45) is 6.54. The van der Waals surface area contributed by atoms with Crippen molar-refractivity contribution in [3.05, 3.63) is 70.8 Å². The predicted molar refractivity (Wildman–Crippen MR) is 133 cm³/mol. The molecular formula is C27H35N5O. The topological polar surface area (TPSA) is 59.5 Å². The SMILES string of the molecule is Cc1c(C)c2c(c(CN3CCN(Cc4ccc(-n5ccnc5)cc4)CC3)c1N)CC(C)(C)O2. The molecule has 0 aliphatic carbocycles. The first-order valence-electron chi connectivity index (χ1n) is 11.9. The molecule has 2 aromatic carbocycles. The van der Waals surface area contributed by atoms with Gasteiger partial charge in [0.05, 0.1) is 6.33 Å². The number of anilines is 1. The van der Waals surface area contributed by atoms with Gasteiger partial charge in [-0.3, -0.25) is 9.80 Å². The van der Waals surface area contributed by atoms with Crippen molar-refractivity contribution in [1.29, 1.82) is 0 Å². The van der Waals surface area contributed by atoms with E-state index >= 15 is 0 Å². The van der Waals surface area contributed by atoms with Crippen LogP contribution in [-0.4, -0.2) is 51.1 Å². The summed E-state index contributed by atoms with van der Waals surface area (Å²) in [7, 11) is 0. The molecule has 3 aromatic rings. The van der Waals surface area contributed by atoms with E-state index in [9.17, 15) is 0 Å². The van der Waals surface area contributed by atoms with Crippen LogP contribution in [-0.2, 0) is 19.5 Å². The van der Waals surface area contributed by atoms with Gasteiger partial charge in [0.2, 0.25) is 0 Å². The van der Waals surface area contributed by atoms with Crippen molar-refractivity contribution in [1.82, 2.24) is 19.4 Å². The van der Waals surface area contributed by atoms with Crippen LogP contribution in [0, 0.1) is 13.8 Å². The Morgan fingerprint density at radius 2 is 1.64 bits per heavy atom. The number of hydrogen-bond acceptors (Lipinski definition) is 5. The lowest BCUT2D eigenvalue weighted by atomic mass is 9.91. The Morgan fingerprint density at radius 3 is 2.27 bits per heavy atom. The number of benzene rings is 2. The predicted octanol–water partition coefficient (Wildman–Crippen LogP) is 4.10. The van der Waals surface area contributed by atoms with Crippen LogP contribution in [0.25, 0.3) is 5.69 Å². The van der Waals surface area contributed by atoms with E-state index in [4.69, 9.17) is 10.5 Å². The molecule has 33 heavy (non-hydrogen) atoms. The molecule has 6 nitrogen and oxygen atoms in total. The van der Waals surface area contributed by atoms with Crippen LogP contribution in [0.1, 0.15) is 41.7 Å². The molecule has 3 heterocycles. The Kier molecular flexibility index (Phi) is 5.67. The fraction of sp³-hybridized carbons (Fsp3) is 0.444. The first-order valence-corrected chi connectivity index (χ1v) is 11.9. The van der Waals surface area contributed by atoms with Gasteiger partial charge in [0.15, 0.2) is 0 Å². The van der Waals surface area contributed by atoms with E-state index in [0.717, 1.165) is 62.8 Å². The lowest BCUT2D eigenvalue weighted by Gasteiger charge is -2.35. The Morgan fingerprint density at radius 1 is 0.970 bits per heavy atom. The van der Waals surface area contributed by atoms with E-state index in [1.165, 1.54) is 27.8 Å². The van der Waals surface area contributed by atoms with E-state index in [-0.39, 0.29) is 5.60 Å². The quantitative estimate of drug-likeness (QED) is 0.599. The number of imidazole rings is 1. The van der Waals surface area contributed by atoms with Crippen LogP contribution in [0.2, 0.25) is 0 Å². The number of nitrogens with zero attached hydrogens (tertiary/aromatic N) is 4. The molecule has 0 atom stereocenters. The minimum Gasteiger partial charge on any atom is -0.487 e. The molecule has 5 rings (SSSR count). The average molecular weight is 446 g/mol. The van der Waals surface area contributed by atoms with Crippen LogP contribution in [0.5, 0.6) is 5.75 Å². The van der Waals surface area contributed by atoms with Gasteiger partial charge in [0, 0.05) is 75.0 Å². The maximum absolute atomic E-state index is 6.64. The van der Waals surface area contributed by atoms with Gasteiger partial charge >= 0.3 is 0 Å². The molecule has 1 saturated heterocycles. The molecule has 1 aromatic heterocycles. The highest BCUT2D eigenvalue weighted by atomic mass is 16.5. The van der Waals surface area contributed by atoms with Crippen molar-refractivity contribution in [2.45, 2.75) is 52.8 Å². The van der Waals surface area contributed by atoms with E-state index in [0.29, 0.717) is 0 Å². The minimum absolute atomic E-state index is 0.159. The molecular weight excluding hydrogens is 410 g/mol. The van der Waals surface area contributed by atoms with E-state index in [1.807, 2.05) is 17.1 Å². The van der Waals surface area contributed by atoms with Crippen LogP contribution < -0.4 is 10.5 Å². The molecule has 2 N–H and O–H groups in total. The van der Waals surface area contributed by atoms with Gasteiger partial charge in [-0.15, -0.1) is 0 Å². The largest absolute Gasteiger partial charge is 0.487 e. The second-order valence-electron chi connectivity index (χ2n) is 10.2. The van der Waals surface area contributed by atoms with Gasteiger partial charge in [0.1, 0.15) is 11.4 Å². The molecule has 2 aliphatic rings. The monoisotopic (exact) mass is 445 g/mol. The summed E-state index contributed by atoms with van der Waals surface area (Å²) < 4.78 is 8.35. The second kappa shape index (κ2) is 8.50. The average Bonchev–Trinajstić information content (AvgIpc) is 3.45. The Hall–Kier alpha value is -2.83. The molecule has 174 valence electrons. The lowest BCUT2D eigenvalue weighted by Crippen LogP contribution is -2.45. The van der Waals surface area contributed by atoms with Gasteiger partial charge < -0.3 is 15.0 Å². The van der Waals surface area contributed by atoms with E-state index in [2.05, 4.69) is 66.7 Å². The van der Waals surface area contributed by atoms with Crippen molar-refractivity contribution in [3.8, 4) is 11.4 Å². The third-order valence-electron chi connectivity index (χ3n) is 7.24. The van der Waals surface area contributed by atoms with Crippen molar-refractivity contribution in [2.24, 2.45) is 0 Å². The number of aromatic nitrogens is 2. The summed E-state index contributed by atoms with van der Waals surface area (Å²) in [6.45, 7) is 14.7. The maximum Gasteiger partial charge on any atom is 0.127 e. The second-order valence-corrected chi connectivity index (χ2v) is 10.2. The number of fused-ring (bicyclic) bond motifs is 1. The van der Waals surface area contributed by atoms with Gasteiger partial charge in [-0.05, 0) is 62.1 Å². The number of nitrogen functional groups attached to an aromatic ring is 1. The summed E-state index contributed by atoms with van der Waals surface area (Å²) in [5.74, 6) is 1.07. The Balaban J connectivity index is 1.22. The summed E-state index contributed by atoms with van der Waals surface area (Å²) >= 11 is 0. The van der Waals surface area contributed by atoms with Crippen molar-refractivity contribution < 1.29 is 4.74 Å². The molecule has 0 unspecified atom stereocenters. The summed E-state index contributed by atoms with van der Waals surface area (Å²) in [6, 6.07) is 8.78. The number of hydrogen-bond donors (Lipinski definition) is 1. The van der Waals surface area contributed by atoms with Crippen molar-refractivity contribution in [3.63, 3.8) is 0 Å². The number of piperazine rings is 1. The Labute approximate surface area is 197 Å². The molecule has 0 radical (unpaired) electrons. The number of ether oxygens (including phenoxy) is 1. The van der Waals surface area contributed by atoms with Crippen LogP contribution in [0.15, 0.2) is 43.0 Å². The minimum atomic E-state index is -0.159. The number of rotatable bonds is 5. The molecule has 2 aliphatic heterocycles. The molecule has 6 heteroatoms. The molecule has 0 spiro atoms. The van der Waals surface area contributed by atoms with Gasteiger partial charge in [-0.2, -0.15) is 0 Å². The highest BCUT2D eigenvalue weighted by Gasteiger charge is 2.35. The fourth-order valence-electron chi connectivity index (χ4n) is 5.14. The highest BCUT2D eigenvalue weighted by molar-refractivity contribution is 5.67. The molecule has 1 fully saturated rings. The molecule has 0 amide bonds. The zero-order chi connectivity index (χ0) is 23.2. The lowest BCUT2D eigenvalue weighted by molar-refractivity contribution is 0.122. The van der Waals surface area contributed by atoms with Crippen LogP contribution >= 0.6 is 0 Å². The first-order chi connectivity index (χ1) is 15.8. The van der Waals surface area contributed by atoms with Crippen molar-refractivity contribution in [2.75, 3.05) is 31.9 Å². The van der Waals surface area contributed by atoms with Gasteiger partial charge in [-0.25, -0.2) is 4.98 Å². The van der Waals surface area contributed by atoms with Crippen LogP contribution in [0.3, 0.4) is 0 Å². The van der Waals surface area contributed by atoms with Gasteiger partial charge in [-0.1, -0.05) is 12.1 Å². The summed E-state index contributed by atoms with van der Waals surface area (Å²) in [5, 5.41) is 0. The summed E-state index contributed by atoms with van der Waals surface area (Å²) in [5.41, 5.74) is 14.9. The number of nitrogens with two attached hydrogens (primary N) is 1. The van der Waals surface area contributed by atoms with E-state index < -0.39 is 0 Å². The third kappa shape index (κ3) is 4.37. The third-order valence-corrected chi connectivity index (χ3v) is 7.24. The van der Waals surface area contributed by atoms with Crippen molar-refractivity contribution >= 4 is 5.69 Å². The zero-order valence-corrected chi connectivity index (χ0v) is 20.3. The normalized spacial score (nSPS) is 18.3. The highest BCUT2D eigenvalue weighted by Crippen LogP contribution is 2.44. The maximum atomic E-state index is 6.64. The zero-order valence-electron chi connectivity index (χ0n) is 20.3.